The molecule has 1 aliphatic heterocycles. The molecule has 7 heteroatoms. The lowest BCUT2D eigenvalue weighted by atomic mass is 10.0. The van der Waals surface area contributed by atoms with Gasteiger partial charge >= 0.3 is 0 Å². The van der Waals surface area contributed by atoms with Gasteiger partial charge < -0.3 is 19.5 Å². The molecule has 0 unspecified atom stereocenters. The zero-order chi connectivity index (χ0) is 25.6. The van der Waals surface area contributed by atoms with Crippen molar-refractivity contribution in [2.75, 3.05) is 46.4 Å². The third kappa shape index (κ3) is 5.74. The minimum atomic E-state index is -0.0876. The van der Waals surface area contributed by atoms with E-state index in [1.54, 1.807) is 19.4 Å². The molecule has 0 amide bonds. The number of carbonyl (C=O) groups is 1. The summed E-state index contributed by atoms with van der Waals surface area (Å²) < 4.78 is 18.1. The number of benzene rings is 3. The van der Waals surface area contributed by atoms with Crippen LogP contribution in [0.3, 0.4) is 0 Å². The first-order chi connectivity index (χ1) is 18.1. The van der Waals surface area contributed by atoms with Crippen LogP contribution >= 0.6 is 0 Å². The SMILES string of the molecule is COc1cc2c(Oc3ccc(C)cc3C(=O)c3ccccc3)ccnc2cc1OCCN1CCNCC1. The Kier molecular flexibility index (Phi) is 7.63. The molecule has 1 N–H and O–H groups in total. The van der Waals surface area contributed by atoms with Crippen LogP contribution in [0.1, 0.15) is 21.5 Å². The quantitative estimate of drug-likeness (QED) is 0.331. The molecule has 0 atom stereocenters. The van der Waals surface area contributed by atoms with Gasteiger partial charge in [0, 0.05) is 55.9 Å². The second kappa shape index (κ2) is 11.4. The smallest absolute Gasteiger partial charge is 0.196 e. The van der Waals surface area contributed by atoms with Crippen LogP contribution in [0.2, 0.25) is 0 Å². The molecular formula is C30H31N3O4. The number of nitrogens with zero attached hydrogens (tertiary/aromatic N) is 2. The summed E-state index contributed by atoms with van der Waals surface area (Å²) in [5.41, 5.74) is 2.83. The third-order valence-corrected chi connectivity index (χ3v) is 6.50. The Bertz CT molecular complexity index is 1380. The van der Waals surface area contributed by atoms with E-state index in [1.165, 1.54) is 0 Å². The van der Waals surface area contributed by atoms with Crippen LogP contribution in [0.15, 0.2) is 72.9 Å². The molecule has 37 heavy (non-hydrogen) atoms. The summed E-state index contributed by atoms with van der Waals surface area (Å²) in [4.78, 5) is 20.2. The molecule has 1 aliphatic rings. The van der Waals surface area contributed by atoms with Crippen molar-refractivity contribution in [1.29, 1.82) is 0 Å². The highest BCUT2D eigenvalue weighted by molar-refractivity contribution is 6.11. The maximum atomic E-state index is 13.3. The monoisotopic (exact) mass is 497 g/mol. The Morgan fingerprint density at radius 1 is 0.946 bits per heavy atom. The van der Waals surface area contributed by atoms with E-state index in [4.69, 9.17) is 14.2 Å². The normalized spacial score (nSPS) is 13.9. The van der Waals surface area contributed by atoms with Gasteiger partial charge in [0.25, 0.3) is 0 Å². The fraction of sp³-hybridized carbons (Fsp3) is 0.267. The number of aromatic nitrogens is 1. The number of methoxy groups -OCH3 is 1. The zero-order valence-corrected chi connectivity index (χ0v) is 21.2. The van der Waals surface area contributed by atoms with Gasteiger partial charge in [-0.1, -0.05) is 42.0 Å². The number of hydrogen-bond donors (Lipinski definition) is 1. The van der Waals surface area contributed by atoms with Crippen molar-refractivity contribution in [1.82, 2.24) is 15.2 Å². The number of ether oxygens (including phenoxy) is 3. The molecule has 2 heterocycles. The summed E-state index contributed by atoms with van der Waals surface area (Å²) in [5, 5.41) is 4.13. The van der Waals surface area contributed by atoms with Crippen molar-refractivity contribution in [3.8, 4) is 23.0 Å². The van der Waals surface area contributed by atoms with Gasteiger partial charge in [-0.3, -0.25) is 14.7 Å². The van der Waals surface area contributed by atoms with Crippen LogP contribution in [0, 0.1) is 6.92 Å². The molecule has 0 radical (unpaired) electrons. The first-order valence-electron chi connectivity index (χ1n) is 12.5. The van der Waals surface area contributed by atoms with Gasteiger partial charge in [0.05, 0.1) is 18.2 Å². The fourth-order valence-electron chi connectivity index (χ4n) is 4.48. The molecule has 190 valence electrons. The fourth-order valence-corrected chi connectivity index (χ4v) is 4.48. The van der Waals surface area contributed by atoms with Crippen molar-refractivity contribution in [2.24, 2.45) is 0 Å². The van der Waals surface area contributed by atoms with Crippen molar-refractivity contribution < 1.29 is 19.0 Å². The van der Waals surface area contributed by atoms with E-state index >= 15 is 0 Å². The first kappa shape index (κ1) is 24.7. The molecule has 1 fully saturated rings. The molecule has 4 aromatic rings. The van der Waals surface area contributed by atoms with E-state index in [2.05, 4.69) is 15.2 Å². The molecule has 1 saturated heterocycles. The van der Waals surface area contributed by atoms with Crippen molar-refractivity contribution in [2.45, 2.75) is 6.92 Å². The van der Waals surface area contributed by atoms with Gasteiger partial charge in [0.2, 0.25) is 0 Å². The van der Waals surface area contributed by atoms with Gasteiger partial charge in [0.15, 0.2) is 17.3 Å². The Balaban J connectivity index is 1.42. The largest absolute Gasteiger partial charge is 0.493 e. The minimum absolute atomic E-state index is 0.0876. The summed E-state index contributed by atoms with van der Waals surface area (Å²) in [6.07, 6.45) is 1.70. The molecule has 5 rings (SSSR count). The predicted octanol–water partition coefficient (Wildman–Crippen LogP) is 4.86. The number of ketones is 1. The van der Waals surface area contributed by atoms with Gasteiger partial charge in [-0.25, -0.2) is 0 Å². The average molecular weight is 498 g/mol. The highest BCUT2D eigenvalue weighted by atomic mass is 16.5. The average Bonchev–Trinajstić information content (AvgIpc) is 2.94. The van der Waals surface area contributed by atoms with Gasteiger partial charge in [-0.05, 0) is 31.2 Å². The number of aryl methyl sites for hydroxylation is 1. The summed E-state index contributed by atoms with van der Waals surface area (Å²) >= 11 is 0. The van der Waals surface area contributed by atoms with E-state index in [-0.39, 0.29) is 5.78 Å². The van der Waals surface area contributed by atoms with Gasteiger partial charge in [-0.2, -0.15) is 0 Å². The van der Waals surface area contributed by atoms with Crippen LogP contribution in [-0.4, -0.2) is 62.1 Å². The number of rotatable bonds is 9. The maximum Gasteiger partial charge on any atom is 0.196 e. The van der Waals surface area contributed by atoms with E-state index in [0.29, 0.717) is 40.7 Å². The van der Waals surface area contributed by atoms with Crippen LogP contribution < -0.4 is 19.5 Å². The van der Waals surface area contributed by atoms with Crippen LogP contribution in [-0.2, 0) is 0 Å². The zero-order valence-electron chi connectivity index (χ0n) is 21.2. The maximum absolute atomic E-state index is 13.3. The van der Waals surface area contributed by atoms with E-state index in [1.807, 2.05) is 67.6 Å². The highest BCUT2D eigenvalue weighted by Gasteiger charge is 2.18. The van der Waals surface area contributed by atoms with E-state index < -0.39 is 0 Å². The Labute approximate surface area is 217 Å². The number of fused-ring (bicyclic) bond motifs is 1. The second-order valence-electron chi connectivity index (χ2n) is 9.07. The standard InChI is InChI=1S/C30H31N3O4/c1-21-8-9-26(24(18-21)30(34)22-6-4-3-5-7-22)37-27-10-11-32-25-20-29(28(35-2)19-23(25)27)36-17-16-33-14-12-31-13-15-33/h3-11,18-20,31H,12-17H2,1-2H3. The molecular weight excluding hydrogens is 466 g/mol. The number of hydrogen-bond acceptors (Lipinski definition) is 7. The minimum Gasteiger partial charge on any atom is -0.493 e. The summed E-state index contributed by atoms with van der Waals surface area (Å²) in [6.45, 7) is 7.43. The van der Waals surface area contributed by atoms with Crippen molar-refractivity contribution >= 4 is 16.7 Å². The number of carbonyl (C=O) groups excluding carboxylic acids is 1. The predicted molar refractivity (Wildman–Crippen MR) is 144 cm³/mol. The van der Waals surface area contributed by atoms with Crippen molar-refractivity contribution in [3.05, 3.63) is 89.6 Å². The molecule has 0 saturated carbocycles. The van der Waals surface area contributed by atoms with Gasteiger partial charge in [0.1, 0.15) is 18.1 Å². The van der Waals surface area contributed by atoms with Crippen LogP contribution in [0.4, 0.5) is 0 Å². The number of pyridine rings is 1. The molecule has 0 spiro atoms. The molecule has 0 bridgehead atoms. The first-order valence-corrected chi connectivity index (χ1v) is 12.5. The topological polar surface area (TPSA) is 72.9 Å². The lowest BCUT2D eigenvalue weighted by molar-refractivity contribution is 0.103. The number of piperazine rings is 1. The van der Waals surface area contributed by atoms with Crippen LogP contribution in [0.5, 0.6) is 23.0 Å². The Hall–Kier alpha value is -3.94. The second-order valence-corrected chi connectivity index (χ2v) is 9.07. The molecule has 1 aromatic heterocycles. The lowest BCUT2D eigenvalue weighted by Crippen LogP contribution is -2.44. The molecule has 3 aromatic carbocycles. The number of nitrogens with one attached hydrogen (secondary N) is 1. The van der Waals surface area contributed by atoms with Crippen LogP contribution in [0.25, 0.3) is 10.9 Å². The van der Waals surface area contributed by atoms with E-state index in [0.717, 1.165) is 49.2 Å². The van der Waals surface area contributed by atoms with E-state index in [9.17, 15) is 4.79 Å². The van der Waals surface area contributed by atoms with Crippen molar-refractivity contribution in [3.63, 3.8) is 0 Å². The van der Waals surface area contributed by atoms with Gasteiger partial charge in [-0.15, -0.1) is 0 Å². The molecule has 0 aliphatic carbocycles. The summed E-state index contributed by atoms with van der Waals surface area (Å²) in [5.74, 6) is 2.24. The Morgan fingerprint density at radius 3 is 2.54 bits per heavy atom. The summed E-state index contributed by atoms with van der Waals surface area (Å²) in [6, 6.07) is 20.4. The molecule has 7 nitrogen and oxygen atoms in total. The third-order valence-electron chi connectivity index (χ3n) is 6.50. The highest BCUT2D eigenvalue weighted by Crippen LogP contribution is 2.38. The summed E-state index contributed by atoms with van der Waals surface area (Å²) in [7, 11) is 1.62. The Morgan fingerprint density at radius 2 is 1.76 bits per heavy atom. The lowest BCUT2D eigenvalue weighted by Gasteiger charge is -2.27.